The molecule has 0 N–H and O–H groups in total. The lowest BCUT2D eigenvalue weighted by Gasteiger charge is -2.30. The summed E-state index contributed by atoms with van der Waals surface area (Å²) in [4.78, 5) is 4.14. The maximum atomic E-state index is 16.2. The maximum Gasteiger partial charge on any atom is 0.147 e. The SMILES string of the molecule is CC1(C)c2cc(N(c3ccc4c(c3)sc3ccccc34)c3ccccc3F)ccc2-c2c1cc(N(c1ccc3c(c1)sc1ccccc13)c1ccccc1F)c1ccccc21. The normalized spacial score (nSPS) is 13.0. The van der Waals surface area contributed by atoms with Crippen LogP contribution >= 0.6 is 22.7 Å². The van der Waals surface area contributed by atoms with E-state index in [0.717, 1.165) is 59.6 Å². The quantitative estimate of drug-likeness (QED) is 0.165. The molecule has 1 aliphatic rings. The summed E-state index contributed by atoms with van der Waals surface area (Å²) in [5, 5.41) is 6.96. The molecule has 0 unspecified atom stereocenters. The molecule has 0 radical (unpaired) electrons. The molecule has 9 aromatic carbocycles. The second kappa shape index (κ2) is 13.6. The lowest BCUT2D eigenvalue weighted by atomic mass is 9.81. The van der Waals surface area contributed by atoms with Gasteiger partial charge in [-0.25, -0.2) is 8.78 Å². The van der Waals surface area contributed by atoms with Crippen LogP contribution in [0.1, 0.15) is 25.0 Å². The van der Waals surface area contributed by atoms with Crippen LogP contribution in [0.2, 0.25) is 0 Å². The van der Waals surface area contributed by atoms with Crippen LogP contribution in [-0.4, -0.2) is 0 Å². The predicted octanol–water partition coefficient (Wildman–Crippen LogP) is 17.1. The smallest absolute Gasteiger partial charge is 0.147 e. The average Bonchev–Trinajstić information content (AvgIpc) is 3.92. The highest BCUT2D eigenvalue weighted by Gasteiger charge is 2.39. The summed E-state index contributed by atoms with van der Waals surface area (Å²) in [6, 6.07) is 61.3. The predicted molar refractivity (Wildman–Crippen MR) is 257 cm³/mol. The van der Waals surface area contributed by atoms with Gasteiger partial charge in [0.15, 0.2) is 0 Å². The van der Waals surface area contributed by atoms with E-state index in [4.69, 9.17) is 0 Å². The highest BCUT2D eigenvalue weighted by molar-refractivity contribution is 7.26. The molecule has 1 aliphatic carbocycles. The van der Waals surface area contributed by atoms with Crippen LogP contribution in [0.4, 0.5) is 42.9 Å². The Balaban J connectivity index is 1.05. The Hall–Kier alpha value is -6.86. The van der Waals surface area contributed by atoms with E-state index in [1.807, 2.05) is 29.2 Å². The van der Waals surface area contributed by atoms with Gasteiger partial charge in [-0.05, 0) is 107 Å². The van der Waals surface area contributed by atoms with Gasteiger partial charge in [-0.2, -0.15) is 0 Å². The Bertz CT molecular complexity index is 3580. The first kappa shape index (κ1) is 36.0. The summed E-state index contributed by atoms with van der Waals surface area (Å²) in [6.07, 6.45) is 0. The fourth-order valence-electron chi connectivity index (χ4n) is 9.68. The molecule has 292 valence electrons. The molecule has 0 bridgehead atoms. The zero-order valence-corrected chi connectivity index (χ0v) is 34.9. The third-order valence-electron chi connectivity index (χ3n) is 12.6. The van der Waals surface area contributed by atoms with E-state index in [1.54, 1.807) is 34.8 Å². The van der Waals surface area contributed by atoms with E-state index in [2.05, 4.69) is 152 Å². The van der Waals surface area contributed by atoms with E-state index < -0.39 is 5.41 Å². The van der Waals surface area contributed by atoms with Gasteiger partial charge in [0.25, 0.3) is 0 Å². The number of hydrogen-bond acceptors (Lipinski definition) is 4. The third kappa shape index (κ3) is 5.49. The first-order valence-corrected chi connectivity index (χ1v) is 22.1. The number of anilines is 6. The van der Waals surface area contributed by atoms with Crippen molar-refractivity contribution in [3.05, 3.63) is 205 Å². The van der Waals surface area contributed by atoms with Gasteiger partial charge < -0.3 is 9.80 Å². The van der Waals surface area contributed by atoms with E-state index in [1.165, 1.54) is 48.6 Å². The highest BCUT2D eigenvalue weighted by Crippen LogP contribution is 2.56. The Morgan fingerprint density at radius 3 is 1.44 bits per heavy atom. The number of para-hydroxylation sites is 2. The molecule has 2 aromatic heterocycles. The number of benzene rings is 9. The molecule has 12 rings (SSSR count). The fraction of sp³-hybridized carbons (Fsp3) is 0.0545. The van der Waals surface area contributed by atoms with Crippen molar-refractivity contribution in [3.8, 4) is 11.1 Å². The van der Waals surface area contributed by atoms with Gasteiger partial charge in [0.2, 0.25) is 0 Å². The second-order valence-corrected chi connectivity index (χ2v) is 18.5. The van der Waals surface area contributed by atoms with Crippen LogP contribution in [0.15, 0.2) is 182 Å². The van der Waals surface area contributed by atoms with Crippen molar-refractivity contribution in [2.45, 2.75) is 19.3 Å². The highest BCUT2D eigenvalue weighted by atomic mass is 32.1. The molecular weight excluding hydrogens is 791 g/mol. The molecule has 2 heterocycles. The van der Waals surface area contributed by atoms with E-state index in [9.17, 15) is 0 Å². The lowest BCUT2D eigenvalue weighted by Crippen LogP contribution is -2.18. The molecule has 0 saturated heterocycles. The van der Waals surface area contributed by atoms with Gasteiger partial charge in [-0.15, -0.1) is 22.7 Å². The summed E-state index contributed by atoms with van der Waals surface area (Å²) in [5.74, 6) is -0.586. The van der Waals surface area contributed by atoms with Crippen LogP contribution in [-0.2, 0) is 5.41 Å². The summed E-state index contributed by atoms with van der Waals surface area (Å²) in [6.45, 7) is 4.54. The average molecular weight is 827 g/mol. The molecule has 0 amide bonds. The minimum atomic E-state index is -0.466. The van der Waals surface area contributed by atoms with Crippen LogP contribution in [0.25, 0.3) is 62.2 Å². The summed E-state index contributed by atoms with van der Waals surface area (Å²) in [7, 11) is 0. The molecule has 0 spiro atoms. The number of halogens is 2. The van der Waals surface area contributed by atoms with Crippen molar-refractivity contribution in [3.63, 3.8) is 0 Å². The number of nitrogens with zero attached hydrogens (tertiary/aromatic N) is 2. The van der Waals surface area contributed by atoms with Crippen molar-refractivity contribution in [1.29, 1.82) is 0 Å². The summed E-state index contributed by atoms with van der Waals surface area (Å²) < 4.78 is 37.0. The molecule has 11 aromatic rings. The van der Waals surface area contributed by atoms with Gasteiger partial charge >= 0.3 is 0 Å². The molecule has 0 saturated carbocycles. The number of hydrogen-bond donors (Lipinski definition) is 0. The summed E-state index contributed by atoms with van der Waals surface area (Å²) >= 11 is 3.51. The van der Waals surface area contributed by atoms with Crippen LogP contribution in [0.5, 0.6) is 0 Å². The van der Waals surface area contributed by atoms with Crippen LogP contribution < -0.4 is 9.80 Å². The second-order valence-electron chi connectivity index (χ2n) is 16.3. The van der Waals surface area contributed by atoms with Gasteiger partial charge in [-0.3, -0.25) is 0 Å². The Morgan fingerprint density at radius 2 is 0.836 bits per heavy atom. The van der Waals surface area contributed by atoms with Crippen molar-refractivity contribution in [2.24, 2.45) is 0 Å². The Kier molecular flexibility index (Phi) is 8.02. The van der Waals surface area contributed by atoms with Gasteiger partial charge in [0.1, 0.15) is 11.6 Å². The summed E-state index contributed by atoms with van der Waals surface area (Å²) in [5.41, 5.74) is 8.68. The first-order valence-electron chi connectivity index (χ1n) is 20.5. The van der Waals surface area contributed by atoms with Crippen LogP contribution in [0.3, 0.4) is 0 Å². The minimum absolute atomic E-state index is 0.292. The fourth-order valence-corrected chi connectivity index (χ4v) is 12.0. The number of fused-ring (bicyclic) bond motifs is 11. The van der Waals surface area contributed by atoms with E-state index in [-0.39, 0.29) is 11.6 Å². The number of thiophene rings is 2. The van der Waals surface area contributed by atoms with Crippen molar-refractivity contribution >= 4 is 108 Å². The molecular formula is C55H36F2N2S2. The van der Waals surface area contributed by atoms with Crippen molar-refractivity contribution in [1.82, 2.24) is 0 Å². The topological polar surface area (TPSA) is 6.48 Å². The van der Waals surface area contributed by atoms with Crippen molar-refractivity contribution < 1.29 is 8.78 Å². The number of rotatable bonds is 6. The molecule has 0 aliphatic heterocycles. The van der Waals surface area contributed by atoms with Crippen LogP contribution in [0, 0.1) is 11.6 Å². The molecule has 0 fully saturated rings. The molecule has 61 heavy (non-hydrogen) atoms. The largest absolute Gasteiger partial charge is 0.308 e. The standard InChI is InChI=1S/C55H36F2N2S2/c1-55(2)43-29-33(58(47-19-9-7-17-45(47)56)34-23-26-39-37-14-5-11-21-50(37)60-52(39)30-34)25-28-42(43)54-41-16-4-3-13-36(41)49(32-44(54)55)59(48-20-10-8-18-46(48)57)35-24-27-40-38-15-6-12-22-51(38)61-53(40)31-35/h3-32H,1-2H3. The van der Waals surface area contributed by atoms with E-state index in [0.29, 0.717) is 11.4 Å². The minimum Gasteiger partial charge on any atom is -0.308 e. The molecule has 6 heteroatoms. The maximum absolute atomic E-state index is 16.2. The van der Waals surface area contributed by atoms with Crippen molar-refractivity contribution in [2.75, 3.05) is 9.80 Å². The van der Waals surface area contributed by atoms with Gasteiger partial charge in [-0.1, -0.05) is 117 Å². The zero-order valence-electron chi connectivity index (χ0n) is 33.3. The first-order chi connectivity index (χ1) is 29.8. The zero-order chi connectivity index (χ0) is 41.0. The van der Waals surface area contributed by atoms with Gasteiger partial charge in [0, 0.05) is 68.2 Å². The van der Waals surface area contributed by atoms with E-state index >= 15 is 8.78 Å². The Labute approximate surface area is 359 Å². The monoisotopic (exact) mass is 826 g/mol. The molecule has 2 nitrogen and oxygen atoms in total. The lowest BCUT2D eigenvalue weighted by molar-refractivity contribution is 0.628. The van der Waals surface area contributed by atoms with Gasteiger partial charge in [0.05, 0.1) is 17.1 Å². The molecule has 0 atom stereocenters. The third-order valence-corrected chi connectivity index (χ3v) is 14.8. The Morgan fingerprint density at radius 1 is 0.377 bits per heavy atom.